The molecule has 1 N–H and O–H groups in total. The molecule has 1 aromatic rings. The van der Waals surface area contributed by atoms with E-state index in [4.69, 9.17) is 0 Å². The van der Waals surface area contributed by atoms with Crippen molar-refractivity contribution in [2.45, 2.75) is 11.4 Å². The van der Waals surface area contributed by atoms with Crippen molar-refractivity contribution in [2.75, 3.05) is 12.3 Å². The SMILES string of the molecule is C=CCNC(=O)CCSSc1ccccn1. The standard InChI is InChI=1S/C11H14N2OS2/c1-2-7-12-10(14)6-9-15-16-11-5-3-4-8-13-11/h2-5,8H,1,6-7,9H2,(H,12,14). The quantitative estimate of drug-likeness (QED) is 0.461. The summed E-state index contributed by atoms with van der Waals surface area (Å²) < 4.78 is 0. The van der Waals surface area contributed by atoms with Gasteiger partial charge in [-0.3, -0.25) is 4.79 Å². The number of pyridine rings is 1. The van der Waals surface area contributed by atoms with E-state index in [9.17, 15) is 4.79 Å². The molecule has 0 aliphatic carbocycles. The van der Waals surface area contributed by atoms with E-state index < -0.39 is 0 Å². The van der Waals surface area contributed by atoms with E-state index in [-0.39, 0.29) is 5.91 Å². The van der Waals surface area contributed by atoms with E-state index in [0.717, 1.165) is 10.8 Å². The zero-order valence-corrected chi connectivity index (χ0v) is 10.5. The zero-order chi connectivity index (χ0) is 11.6. The summed E-state index contributed by atoms with van der Waals surface area (Å²) in [4.78, 5) is 15.4. The summed E-state index contributed by atoms with van der Waals surface area (Å²) in [6, 6.07) is 5.79. The fourth-order valence-electron chi connectivity index (χ4n) is 0.907. The van der Waals surface area contributed by atoms with Gasteiger partial charge in [0.1, 0.15) is 5.03 Å². The molecular formula is C11H14N2OS2. The molecule has 1 heterocycles. The topological polar surface area (TPSA) is 42.0 Å². The molecule has 0 spiro atoms. The summed E-state index contributed by atoms with van der Waals surface area (Å²) in [5.74, 6) is 0.846. The predicted octanol–water partition coefficient (Wildman–Crippen LogP) is 2.51. The van der Waals surface area contributed by atoms with Crippen LogP contribution in [0.2, 0.25) is 0 Å². The van der Waals surface area contributed by atoms with Crippen LogP contribution in [-0.2, 0) is 4.79 Å². The molecule has 86 valence electrons. The van der Waals surface area contributed by atoms with Crippen LogP contribution in [0.15, 0.2) is 42.1 Å². The molecule has 0 radical (unpaired) electrons. The van der Waals surface area contributed by atoms with E-state index >= 15 is 0 Å². The number of hydrogen-bond acceptors (Lipinski definition) is 4. The van der Waals surface area contributed by atoms with Gasteiger partial charge in [0, 0.05) is 24.9 Å². The highest BCUT2D eigenvalue weighted by Gasteiger charge is 2.00. The monoisotopic (exact) mass is 254 g/mol. The molecule has 0 saturated heterocycles. The number of nitrogens with zero attached hydrogens (tertiary/aromatic N) is 1. The fourth-order valence-corrected chi connectivity index (χ4v) is 2.78. The second kappa shape index (κ2) is 8.24. The van der Waals surface area contributed by atoms with Crippen LogP contribution in [-0.4, -0.2) is 23.2 Å². The number of nitrogens with one attached hydrogen (secondary N) is 1. The Morgan fingerprint density at radius 1 is 1.56 bits per heavy atom. The van der Waals surface area contributed by atoms with Crippen LogP contribution in [0.5, 0.6) is 0 Å². The van der Waals surface area contributed by atoms with Crippen molar-refractivity contribution in [3.8, 4) is 0 Å². The van der Waals surface area contributed by atoms with Gasteiger partial charge in [0.05, 0.1) is 0 Å². The third-order valence-corrected chi connectivity index (χ3v) is 3.90. The van der Waals surface area contributed by atoms with E-state index in [1.807, 2.05) is 18.2 Å². The van der Waals surface area contributed by atoms with Crippen molar-refractivity contribution in [3.05, 3.63) is 37.1 Å². The van der Waals surface area contributed by atoms with E-state index in [2.05, 4.69) is 16.9 Å². The number of rotatable bonds is 7. The lowest BCUT2D eigenvalue weighted by Crippen LogP contribution is -2.23. The minimum absolute atomic E-state index is 0.0639. The molecular weight excluding hydrogens is 240 g/mol. The molecule has 0 unspecified atom stereocenters. The summed E-state index contributed by atoms with van der Waals surface area (Å²) >= 11 is 0. The number of amides is 1. The first-order valence-electron chi connectivity index (χ1n) is 4.91. The highest BCUT2D eigenvalue weighted by molar-refractivity contribution is 8.76. The lowest BCUT2D eigenvalue weighted by molar-refractivity contribution is -0.120. The van der Waals surface area contributed by atoms with Gasteiger partial charge in [0.15, 0.2) is 0 Å². The Morgan fingerprint density at radius 3 is 3.12 bits per heavy atom. The minimum atomic E-state index is 0.0639. The first-order chi connectivity index (χ1) is 7.83. The van der Waals surface area contributed by atoms with Crippen LogP contribution in [0.4, 0.5) is 0 Å². The number of carbonyl (C=O) groups excluding carboxylic acids is 1. The summed E-state index contributed by atoms with van der Waals surface area (Å²) in [7, 11) is 3.23. The van der Waals surface area contributed by atoms with Crippen molar-refractivity contribution in [3.63, 3.8) is 0 Å². The Labute approximate surface area is 104 Å². The largest absolute Gasteiger partial charge is 0.353 e. The molecule has 1 amide bonds. The summed E-state index contributed by atoms with van der Waals surface area (Å²) in [5, 5.41) is 3.71. The van der Waals surface area contributed by atoms with Crippen LogP contribution >= 0.6 is 21.6 Å². The molecule has 0 aliphatic heterocycles. The Hall–Kier alpha value is -0.940. The molecule has 0 aromatic carbocycles. The van der Waals surface area contributed by atoms with Crippen LogP contribution in [0.25, 0.3) is 0 Å². The van der Waals surface area contributed by atoms with Crippen molar-refractivity contribution >= 4 is 27.5 Å². The molecule has 0 atom stereocenters. The first-order valence-corrected chi connectivity index (χ1v) is 7.23. The molecule has 3 nitrogen and oxygen atoms in total. The van der Waals surface area contributed by atoms with Gasteiger partial charge in [-0.05, 0) is 22.9 Å². The Bertz CT molecular complexity index is 330. The number of hydrogen-bond donors (Lipinski definition) is 1. The second-order valence-electron chi connectivity index (χ2n) is 2.92. The fraction of sp³-hybridized carbons (Fsp3) is 0.273. The average molecular weight is 254 g/mol. The van der Waals surface area contributed by atoms with Crippen molar-refractivity contribution in [1.82, 2.24) is 10.3 Å². The molecule has 1 rings (SSSR count). The maximum atomic E-state index is 11.2. The van der Waals surface area contributed by atoms with Crippen LogP contribution < -0.4 is 5.32 Å². The van der Waals surface area contributed by atoms with Gasteiger partial charge < -0.3 is 5.32 Å². The molecule has 5 heteroatoms. The molecule has 0 saturated carbocycles. The maximum Gasteiger partial charge on any atom is 0.221 e. The van der Waals surface area contributed by atoms with Crippen LogP contribution in [0, 0.1) is 0 Å². The smallest absolute Gasteiger partial charge is 0.221 e. The van der Waals surface area contributed by atoms with Crippen LogP contribution in [0.3, 0.4) is 0 Å². The van der Waals surface area contributed by atoms with E-state index in [1.165, 1.54) is 0 Å². The molecule has 0 bridgehead atoms. The normalized spacial score (nSPS) is 9.75. The average Bonchev–Trinajstić information content (AvgIpc) is 2.33. The third kappa shape index (κ3) is 5.82. The zero-order valence-electron chi connectivity index (χ0n) is 8.89. The van der Waals surface area contributed by atoms with Gasteiger partial charge >= 0.3 is 0 Å². The second-order valence-corrected chi connectivity index (χ2v) is 5.35. The van der Waals surface area contributed by atoms with Crippen molar-refractivity contribution in [1.29, 1.82) is 0 Å². The van der Waals surface area contributed by atoms with Gasteiger partial charge in [-0.25, -0.2) is 4.98 Å². The molecule has 16 heavy (non-hydrogen) atoms. The molecule has 1 aromatic heterocycles. The van der Waals surface area contributed by atoms with E-state index in [0.29, 0.717) is 13.0 Å². The Kier molecular flexibility index (Phi) is 6.76. The lowest BCUT2D eigenvalue weighted by atomic mass is 10.4. The van der Waals surface area contributed by atoms with Gasteiger partial charge in [0.25, 0.3) is 0 Å². The van der Waals surface area contributed by atoms with Gasteiger partial charge in [0.2, 0.25) is 5.91 Å². The lowest BCUT2D eigenvalue weighted by Gasteiger charge is -2.01. The summed E-state index contributed by atoms with van der Waals surface area (Å²) in [6.07, 6.45) is 3.96. The number of aromatic nitrogens is 1. The number of carbonyl (C=O) groups is 1. The predicted molar refractivity (Wildman–Crippen MR) is 70.4 cm³/mol. The minimum Gasteiger partial charge on any atom is -0.353 e. The Balaban J connectivity index is 2.08. The van der Waals surface area contributed by atoms with Crippen LogP contribution in [0.1, 0.15) is 6.42 Å². The van der Waals surface area contributed by atoms with Crippen molar-refractivity contribution in [2.24, 2.45) is 0 Å². The van der Waals surface area contributed by atoms with E-state index in [1.54, 1.807) is 33.9 Å². The van der Waals surface area contributed by atoms with Gasteiger partial charge in [-0.1, -0.05) is 22.9 Å². The first kappa shape index (κ1) is 13.1. The summed E-state index contributed by atoms with van der Waals surface area (Å²) in [5.41, 5.74) is 0. The third-order valence-electron chi connectivity index (χ3n) is 1.64. The Morgan fingerprint density at radius 2 is 2.44 bits per heavy atom. The summed E-state index contributed by atoms with van der Waals surface area (Å²) in [6.45, 7) is 4.08. The molecule has 0 fully saturated rings. The molecule has 0 aliphatic rings. The highest BCUT2D eigenvalue weighted by atomic mass is 33.1. The maximum absolute atomic E-state index is 11.2. The highest BCUT2D eigenvalue weighted by Crippen LogP contribution is 2.29. The van der Waals surface area contributed by atoms with Gasteiger partial charge in [-0.15, -0.1) is 6.58 Å². The van der Waals surface area contributed by atoms with Gasteiger partial charge in [-0.2, -0.15) is 0 Å². The van der Waals surface area contributed by atoms with Crippen molar-refractivity contribution < 1.29 is 4.79 Å².